The topological polar surface area (TPSA) is 71.4 Å². The van der Waals surface area contributed by atoms with Crippen LogP contribution in [0.4, 0.5) is 0 Å². The number of rotatable bonds is 7. The van der Waals surface area contributed by atoms with E-state index in [-0.39, 0.29) is 24.0 Å². The average molecular weight is 473 g/mol. The van der Waals surface area contributed by atoms with Gasteiger partial charge in [-0.1, -0.05) is 6.07 Å². The molecular weight excluding hydrogens is 449 g/mol. The molecule has 0 aliphatic heterocycles. The highest BCUT2D eigenvalue weighted by Gasteiger charge is 2.21. The first-order valence-electron chi connectivity index (χ1n) is 8.16. The lowest BCUT2D eigenvalue weighted by Crippen LogP contribution is -2.36. The number of nitrogens with one attached hydrogen (secondary N) is 2. The number of aryl methyl sites for hydroxylation is 1. The lowest BCUT2D eigenvalue weighted by atomic mass is 10.3. The molecule has 0 radical (unpaired) electrons. The number of ether oxygens (including phenoxy) is 1. The second-order valence-corrected chi connectivity index (χ2v) is 7.22. The molecule has 2 N–H and O–H groups in total. The maximum absolute atomic E-state index is 5.65. The number of thiazole rings is 1. The van der Waals surface area contributed by atoms with Crippen molar-refractivity contribution in [2.45, 2.75) is 32.9 Å². The Morgan fingerprint density at radius 3 is 2.64 bits per heavy atom. The third-order valence-electron chi connectivity index (χ3n) is 3.72. The van der Waals surface area contributed by atoms with Gasteiger partial charge >= 0.3 is 0 Å². The molecule has 0 bridgehead atoms. The molecule has 0 aromatic carbocycles. The van der Waals surface area contributed by atoms with E-state index in [1.807, 2.05) is 24.5 Å². The molecule has 0 amide bonds. The van der Waals surface area contributed by atoms with Crippen molar-refractivity contribution in [2.75, 3.05) is 13.7 Å². The molecule has 2 aromatic heterocycles. The van der Waals surface area contributed by atoms with Crippen molar-refractivity contribution in [3.05, 3.63) is 40.0 Å². The number of nitrogens with zero attached hydrogens (tertiary/aromatic N) is 3. The lowest BCUT2D eigenvalue weighted by Gasteiger charge is -2.11. The molecule has 2 aromatic rings. The Labute approximate surface area is 169 Å². The van der Waals surface area contributed by atoms with Crippen LogP contribution in [-0.2, 0) is 13.1 Å². The van der Waals surface area contributed by atoms with Gasteiger partial charge in [0.1, 0.15) is 5.01 Å². The van der Waals surface area contributed by atoms with Gasteiger partial charge in [0.2, 0.25) is 5.88 Å². The standard InChI is InChI=1S/C17H23N5OS.HI/c1-12-7-20-16(24-12)10-22-17(18-2)21-9-14-5-6-15(19-8-14)23-11-13-3-4-13;/h5-8,13H,3-4,9-11H2,1-2H3,(H2,18,21,22);1H. The van der Waals surface area contributed by atoms with E-state index >= 15 is 0 Å². The molecule has 0 saturated heterocycles. The van der Waals surface area contributed by atoms with E-state index in [9.17, 15) is 0 Å². The predicted octanol–water partition coefficient (Wildman–Crippen LogP) is 3.12. The van der Waals surface area contributed by atoms with Crippen LogP contribution in [0.2, 0.25) is 0 Å². The fourth-order valence-electron chi connectivity index (χ4n) is 2.14. The highest BCUT2D eigenvalue weighted by atomic mass is 127. The lowest BCUT2D eigenvalue weighted by molar-refractivity contribution is 0.288. The molecule has 6 nitrogen and oxygen atoms in total. The molecule has 25 heavy (non-hydrogen) atoms. The third kappa shape index (κ3) is 6.77. The first-order chi connectivity index (χ1) is 11.7. The van der Waals surface area contributed by atoms with Crippen molar-refractivity contribution < 1.29 is 4.74 Å². The van der Waals surface area contributed by atoms with Gasteiger partial charge in [0, 0.05) is 36.9 Å². The van der Waals surface area contributed by atoms with Crippen molar-refractivity contribution in [1.82, 2.24) is 20.6 Å². The Kier molecular flexibility index (Phi) is 7.89. The molecule has 0 atom stereocenters. The summed E-state index contributed by atoms with van der Waals surface area (Å²) in [5.74, 6) is 2.19. The highest BCUT2D eigenvalue weighted by Crippen LogP contribution is 2.29. The minimum Gasteiger partial charge on any atom is -0.477 e. The summed E-state index contributed by atoms with van der Waals surface area (Å²) in [6, 6.07) is 3.95. The molecule has 3 rings (SSSR count). The summed E-state index contributed by atoms with van der Waals surface area (Å²) in [5, 5.41) is 7.59. The number of hydrogen-bond donors (Lipinski definition) is 2. The Balaban J connectivity index is 0.00000225. The van der Waals surface area contributed by atoms with Crippen molar-refractivity contribution >= 4 is 41.3 Å². The van der Waals surface area contributed by atoms with Crippen LogP contribution in [0, 0.1) is 12.8 Å². The fourth-order valence-corrected chi connectivity index (χ4v) is 2.86. The van der Waals surface area contributed by atoms with Crippen LogP contribution in [0.5, 0.6) is 5.88 Å². The smallest absolute Gasteiger partial charge is 0.213 e. The highest BCUT2D eigenvalue weighted by molar-refractivity contribution is 14.0. The predicted molar refractivity (Wildman–Crippen MR) is 112 cm³/mol. The minimum atomic E-state index is 0. The van der Waals surface area contributed by atoms with Crippen molar-refractivity contribution in [1.29, 1.82) is 0 Å². The van der Waals surface area contributed by atoms with Crippen molar-refractivity contribution in [3.63, 3.8) is 0 Å². The second kappa shape index (κ2) is 9.91. The Hall–Kier alpha value is -1.42. The first-order valence-corrected chi connectivity index (χ1v) is 8.98. The molecular formula is C17H24IN5OS. The van der Waals surface area contributed by atoms with Gasteiger partial charge in [-0.3, -0.25) is 4.99 Å². The van der Waals surface area contributed by atoms with Gasteiger partial charge in [0.05, 0.1) is 13.2 Å². The summed E-state index contributed by atoms with van der Waals surface area (Å²) >= 11 is 1.69. The Morgan fingerprint density at radius 2 is 2.04 bits per heavy atom. The number of aromatic nitrogens is 2. The van der Waals surface area contributed by atoms with Crippen LogP contribution < -0.4 is 15.4 Å². The summed E-state index contributed by atoms with van der Waals surface area (Å²) in [6.07, 6.45) is 6.30. The average Bonchev–Trinajstić information content (AvgIpc) is 3.34. The Morgan fingerprint density at radius 1 is 1.24 bits per heavy atom. The van der Waals surface area contributed by atoms with Crippen LogP contribution in [-0.4, -0.2) is 29.6 Å². The van der Waals surface area contributed by atoms with E-state index in [0.717, 1.165) is 29.1 Å². The molecule has 1 aliphatic rings. The zero-order valence-electron chi connectivity index (χ0n) is 14.5. The molecule has 0 unspecified atom stereocenters. The quantitative estimate of drug-likeness (QED) is 0.368. The molecule has 136 valence electrons. The van der Waals surface area contributed by atoms with Crippen LogP contribution in [0.15, 0.2) is 29.5 Å². The first kappa shape index (κ1) is 19.9. The van der Waals surface area contributed by atoms with Crippen molar-refractivity contribution in [3.8, 4) is 5.88 Å². The van der Waals surface area contributed by atoms with Gasteiger partial charge in [-0.2, -0.15) is 0 Å². The van der Waals surface area contributed by atoms with Gasteiger partial charge in [-0.25, -0.2) is 9.97 Å². The molecule has 1 saturated carbocycles. The van der Waals surface area contributed by atoms with Crippen LogP contribution in [0.25, 0.3) is 0 Å². The summed E-state index contributed by atoms with van der Waals surface area (Å²) in [7, 11) is 1.76. The minimum absolute atomic E-state index is 0. The van der Waals surface area contributed by atoms with Crippen LogP contribution in [0.3, 0.4) is 0 Å². The number of pyridine rings is 1. The molecule has 1 aliphatic carbocycles. The molecule has 0 spiro atoms. The monoisotopic (exact) mass is 473 g/mol. The third-order valence-corrected chi connectivity index (χ3v) is 4.63. The van der Waals surface area contributed by atoms with Gasteiger partial charge in [0.25, 0.3) is 0 Å². The van der Waals surface area contributed by atoms with Gasteiger partial charge in [0.15, 0.2) is 5.96 Å². The maximum Gasteiger partial charge on any atom is 0.213 e. The van der Waals surface area contributed by atoms with Crippen LogP contribution >= 0.6 is 35.3 Å². The number of halogens is 1. The zero-order valence-corrected chi connectivity index (χ0v) is 17.6. The van der Waals surface area contributed by atoms with E-state index in [1.54, 1.807) is 18.4 Å². The van der Waals surface area contributed by atoms with Gasteiger partial charge < -0.3 is 15.4 Å². The fraction of sp³-hybridized carbons (Fsp3) is 0.471. The normalized spacial score (nSPS) is 13.9. The summed E-state index contributed by atoms with van der Waals surface area (Å²) in [6.45, 7) is 4.17. The second-order valence-electron chi connectivity index (χ2n) is 5.90. The molecule has 1 fully saturated rings. The van der Waals surface area contributed by atoms with E-state index in [4.69, 9.17) is 4.74 Å². The van der Waals surface area contributed by atoms with E-state index < -0.39 is 0 Å². The van der Waals surface area contributed by atoms with Gasteiger partial charge in [-0.15, -0.1) is 35.3 Å². The number of aliphatic imine (C=N–C) groups is 1. The maximum atomic E-state index is 5.65. The largest absolute Gasteiger partial charge is 0.477 e. The van der Waals surface area contributed by atoms with E-state index in [1.165, 1.54) is 17.7 Å². The summed E-state index contributed by atoms with van der Waals surface area (Å²) < 4.78 is 5.65. The van der Waals surface area contributed by atoms with E-state index in [0.29, 0.717) is 19.0 Å². The zero-order chi connectivity index (χ0) is 16.8. The SMILES string of the molecule is CN=C(NCc1ccc(OCC2CC2)nc1)NCc1ncc(C)s1.I. The molecule has 8 heteroatoms. The Bertz CT molecular complexity index is 685. The van der Waals surface area contributed by atoms with Crippen LogP contribution in [0.1, 0.15) is 28.3 Å². The van der Waals surface area contributed by atoms with E-state index in [2.05, 4.69) is 32.5 Å². The van der Waals surface area contributed by atoms with Gasteiger partial charge in [-0.05, 0) is 31.2 Å². The number of guanidine groups is 1. The van der Waals surface area contributed by atoms with Crippen molar-refractivity contribution in [2.24, 2.45) is 10.9 Å². The summed E-state index contributed by atoms with van der Waals surface area (Å²) in [5.41, 5.74) is 1.09. The molecule has 2 heterocycles. The number of hydrogen-bond acceptors (Lipinski definition) is 5. The summed E-state index contributed by atoms with van der Waals surface area (Å²) in [4.78, 5) is 14.1.